The van der Waals surface area contributed by atoms with Gasteiger partial charge in [0.25, 0.3) is 17.4 Å². The fraction of sp³-hybridized carbons (Fsp3) is 0.154. The maximum atomic E-state index is 13.2. The molecule has 36 heavy (non-hydrogen) atoms. The van der Waals surface area contributed by atoms with E-state index in [9.17, 15) is 29.6 Å². The largest absolute Gasteiger partial charge is 0.507 e. The molecule has 1 amide bonds. The number of carbonyl (C=O) groups is 3. The summed E-state index contributed by atoms with van der Waals surface area (Å²) in [6.07, 6.45) is 3.06. The Morgan fingerprint density at radius 2 is 1.69 bits per heavy atom. The number of hydrogen-bond acceptors (Lipinski definition) is 8. The molecule has 4 rings (SSSR count). The molecule has 0 saturated carbocycles. The molecular weight excluding hydrogens is 466 g/mol. The topological polar surface area (TPSA) is 140 Å². The van der Waals surface area contributed by atoms with Crippen LogP contribution >= 0.6 is 0 Å². The van der Waals surface area contributed by atoms with Gasteiger partial charge in [-0.25, -0.2) is 0 Å². The number of aliphatic hydroxyl groups is 1. The van der Waals surface area contributed by atoms with E-state index in [0.717, 1.165) is 0 Å². The number of ketones is 1. The summed E-state index contributed by atoms with van der Waals surface area (Å²) in [6.45, 7) is 1.98. The summed E-state index contributed by atoms with van der Waals surface area (Å²) in [5.74, 6) is -2.58. The van der Waals surface area contributed by atoms with Gasteiger partial charge in [-0.3, -0.25) is 34.4 Å². The van der Waals surface area contributed by atoms with Crippen molar-refractivity contribution in [3.8, 4) is 0 Å². The third-order valence-electron chi connectivity index (χ3n) is 5.69. The molecule has 1 aliphatic rings. The number of hydrogen-bond donors (Lipinski definition) is 1. The number of nitrogens with zero attached hydrogens (tertiary/aromatic N) is 3. The van der Waals surface area contributed by atoms with Crippen molar-refractivity contribution < 1.29 is 29.2 Å². The van der Waals surface area contributed by atoms with E-state index >= 15 is 0 Å². The molecule has 1 N–H and O–H groups in total. The molecule has 1 aromatic heterocycles. The van der Waals surface area contributed by atoms with Gasteiger partial charge >= 0.3 is 5.97 Å². The van der Waals surface area contributed by atoms with Crippen LogP contribution in [0.25, 0.3) is 5.76 Å². The number of non-ortho nitro benzene ring substituents is 1. The lowest BCUT2D eigenvalue weighted by molar-refractivity contribution is -0.384. The summed E-state index contributed by atoms with van der Waals surface area (Å²) in [4.78, 5) is 53.8. The molecule has 1 atom stereocenters. The van der Waals surface area contributed by atoms with E-state index in [4.69, 9.17) is 4.74 Å². The van der Waals surface area contributed by atoms with Crippen molar-refractivity contribution in [2.75, 3.05) is 11.5 Å². The number of esters is 1. The van der Waals surface area contributed by atoms with Crippen LogP contribution in [0.15, 0.2) is 78.6 Å². The van der Waals surface area contributed by atoms with E-state index in [-0.39, 0.29) is 35.8 Å². The van der Waals surface area contributed by atoms with Crippen LogP contribution in [-0.2, 0) is 25.5 Å². The molecule has 2 aromatic carbocycles. The molecule has 1 unspecified atom stereocenters. The van der Waals surface area contributed by atoms with Gasteiger partial charge in [-0.15, -0.1) is 0 Å². The van der Waals surface area contributed by atoms with Crippen molar-refractivity contribution >= 4 is 34.8 Å². The summed E-state index contributed by atoms with van der Waals surface area (Å²) in [5, 5.41) is 22.1. The van der Waals surface area contributed by atoms with Gasteiger partial charge in [0.2, 0.25) is 0 Å². The van der Waals surface area contributed by atoms with Gasteiger partial charge in [0.05, 0.1) is 29.6 Å². The molecule has 10 heteroatoms. The maximum absolute atomic E-state index is 13.2. The number of anilines is 1. The first kappa shape index (κ1) is 24.3. The lowest BCUT2D eigenvalue weighted by Crippen LogP contribution is -2.29. The van der Waals surface area contributed by atoms with Crippen molar-refractivity contribution in [3.63, 3.8) is 0 Å². The molecule has 0 bridgehead atoms. The monoisotopic (exact) mass is 487 g/mol. The third kappa shape index (κ3) is 4.69. The zero-order valence-corrected chi connectivity index (χ0v) is 19.2. The van der Waals surface area contributed by atoms with Gasteiger partial charge in [-0.05, 0) is 54.4 Å². The molecule has 0 aliphatic carbocycles. The Kier molecular flexibility index (Phi) is 6.86. The van der Waals surface area contributed by atoms with Crippen LogP contribution in [0.5, 0.6) is 0 Å². The van der Waals surface area contributed by atoms with Crippen LogP contribution < -0.4 is 4.90 Å². The van der Waals surface area contributed by atoms with Crippen LogP contribution in [0.2, 0.25) is 0 Å². The SMILES string of the molecule is CCOC(=O)Cc1ccc(N2C(=O)C(=O)/C(=C(\O)c3ccc([N+](=O)[O-])cc3)C2c2ccncc2)cc1. The number of pyridine rings is 1. The Labute approximate surface area is 205 Å². The first-order valence-electron chi connectivity index (χ1n) is 11.0. The van der Waals surface area contributed by atoms with Crippen LogP contribution in [0, 0.1) is 10.1 Å². The zero-order chi connectivity index (χ0) is 25.8. The number of rotatable bonds is 7. The molecule has 1 fully saturated rings. The average Bonchev–Trinajstić information content (AvgIpc) is 3.15. The van der Waals surface area contributed by atoms with Crippen molar-refractivity contribution in [1.29, 1.82) is 0 Å². The highest BCUT2D eigenvalue weighted by Gasteiger charge is 2.47. The average molecular weight is 487 g/mol. The highest BCUT2D eigenvalue weighted by molar-refractivity contribution is 6.51. The lowest BCUT2D eigenvalue weighted by Gasteiger charge is -2.25. The van der Waals surface area contributed by atoms with Gasteiger partial charge < -0.3 is 9.84 Å². The van der Waals surface area contributed by atoms with Gasteiger partial charge in [-0.2, -0.15) is 0 Å². The Bertz CT molecular complexity index is 1350. The number of nitro benzene ring substituents is 1. The molecule has 10 nitrogen and oxygen atoms in total. The van der Waals surface area contributed by atoms with E-state index in [1.54, 1.807) is 43.3 Å². The van der Waals surface area contributed by atoms with Gasteiger partial charge in [-0.1, -0.05) is 12.1 Å². The van der Waals surface area contributed by atoms with Crippen molar-refractivity contribution in [1.82, 2.24) is 4.98 Å². The number of amides is 1. The summed E-state index contributed by atoms with van der Waals surface area (Å²) in [5.41, 5.74) is 1.40. The summed E-state index contributed by atoms with van der Waals surface area (Å²) < 4.78 is 4.96. The van der Waals surface area contributed by atoms with Crippen LogP contribution in [0.1, 0.15) is 29.7 Å². The Hall–Kier alpha value is -4.86. The van der Waals surface area contributed by atoms with E-state index in [1.807, 2.05) is 0 Å². The quantitative estimate of drug-likeness (QED) is 0.133. The maximum Gasteiger partial charge on any atom is 0.310 e. The summed E-state index contributed by atoms with van der Waals surface area (Å²) >= 11 is 0. The fourth-order valence-electron chi connectivity index (χ4n) is 4.01. The van der Waals surface area contributed by atoms with Crippen LogP contribution in [0.4, 0.5) is 11.4 Å². The number of Topliss-reactive ketones (excluding diaryl/α,β-unsaturated/α-hetero) is 1. The highest BCUT2D eigenvalue weighted by atomic mass is 16.6. The zero-order valence-electron chi connectivity index (χ0n) is 19.2. The second kappa shape index (κ2) is 10.2. The summed E-state index contributed by atoms with van der Waals surface area (Å²) in [6, 6.07) is 13.9. The number of ether oxygens (including phenoxy) is 1. The van der Waals surface area contributed by atoms with Crippen LogP contribution in [0.3, 0.4) is 0 Å². The van der Waals surface area contributed by atoms with Crippen molar-refractivity contribution in [2.45, 2.75) is 19.4 Å². The van der Waals surface area contributed by atoms with Crippen LogP contribution in [-0.4, -0.2) is 39.3 Å². The molecule has 1 saturated heterocycles. The molecule has 0 spiro atoms. The fourth-order valence-corrected chi connectivity index (χ4v) is 4.01. The van der Waals surface area contributed by atoms with Crippen molar-refractivity contribution in [2.24, 2.45) is 0 Å². The Morgan fingerprint density at radius 3 is 2.28 bits per heavy atom. The predicted molar refractivity (Wildman–Crippen MR) is 129 cm³/mol. The molecular formula is C26H21N3O7. The Balaban J connectivity index is 1.78. The van der Waals surface area contributed by atoms with E-state index in [2.05, 4.69) is 4.98 Å². The highest BCUT2D eigenvalue weighted by Crippen LogP contribution is 2.42. The third-order valence-corrected chi connectivity index (χ3v) is 5.69. The number of benzene rings is 2. The first-order valence-corrected chi connectivity index (χ1v) is 11.0. The summed E-state index contributed by atoms with van der Waals surface area (Å²) in [7, 11) is 0. The number of aromatic nitrogens is 1. The smallest absolute Gasteiger partial charge is 0.310 e. The van der Waals surface area contributed by atoms with E-state index in [0.29, 0.717) is 16.8 Å². The Morgan fingerprint density at radius 1 is 1.06 bits per heavy atom. The number of nitro groups is 1. The molecule has 2 heterocycles. The predicted octanol–water partition coefficient (Wildman–Crippen LogP) is 3.72. The number of carbonyl (C=O) groups excluding carboxylic acids is 3. The van der Waals surface area contributed by atoms with E-state index < -0.39 is 28.4 Å². The molecule has 3 aromatic rings. The standard InChI is InChI=1S/C26H21N3O7/c1-2-36-21(30)15-16-3-7-19(8-4-16)28-23(17-11-13-27-14-12-17)22(25(32)26(28)33)24(31)18-5-9-20(10-6-18)29(34)35/h3-14,23,31H,2,15H2,1H3/b24-22-. The van der Waals surface area contributed by atoms with E-state index in [1.165, 1.54) is 41.6 Å². The van der Waals surface area contributed by atoms with Gasteiger partial charge in [0, 0.05) is 35.8 Å². The lowest BCUT2D eigenvalue weighted by atomic mass is 9.95. The minimum absolute atomic E-state index is 0.0564. The normalized spacial score (nSPS) is 16.7. The molecule has 0 radical (unpaired) electrons. The minimum atomic E-state index is -0.973. The van der Waals surface area contributed by atoms with Crippen molar-refractivity contribution in [3.05, 3.63) is 105 Å². The van der Waals surface area contributed by atoms with Gasteiger partial charge in [0.1, 0.15) is 5.76 Å². The molecule has 1 aliphatic heterocycles. The number of aliphatic hydroxyl groups excluding tert-OH is 1. The first-order chi connectivity index (χ1) is 17.3. The second-order valence-corrected chi connectivity index (χ2v) is 7.90. The molecule has 182 valence electrons. The second-order valence-electron chi connectivity index (χ2n) is 7.90. The minimum Gasteiger partial charge on any atom is -0.507 e. The van der Waals surface area contributed by atoms with Gasteiger partial charge in [0.15, 0.2) is 0 Å².